The van der Waals surface area contributed by atoms with Crippen molar-refractivity contribution in [3.63, 3.8) is 0 Å². The first-order chi connectivity index (χ1) is 11.7. The third-order valence-electron chi connectivity index (χ3n) is 3.56. The summed E-state index contributed by atoms with van der Waals surface area (Å²) in [6, 6.07) is 17.6. The van der Waals surface area contributed by atoms with E-state index in [-0.39, 0.29) is 18.7 Å². The molecule has 2 aromatic carbocycles. The van der Waals surface area contributed by atoms with Crippen LogP contribution in [0.15, 0.2) is 54.6 Å². The van der Waals surface area contributed by atoms with Gasteiger partial charge in [-0.1, -0.05) is 48.5 Å². The quantitative estimate of drug-likeness (QED) is 0.653. The molecule has 0 saturated heterocycles. The summed E-state index contributed by atoms with van der Waals surface area (Å²) >= 11 is 0. The maximum absolute atomic E-state index is 11.7. The SMILES string of the molecule is C[C@H](CCO)NC(=O)NCCOc1ccccc1-c1ccccc1. The Bertz CT molecular complexity index is 632. The van der Waals surface area contributed by atoms with Crippen LogP contribution in [0.4, 0.5) is 4.79 Å². The Morgan fingerprint density at radius 3 is 2.58 bits per heavy atom. The number of para-hydroxylation sites is 1. The van der Waals surface area contributed by atoms with Gasteiger partial charge in [0.1, 0.15) is 12.4 Å². The lowest BCUT2D eigenvalue weighted by Crippen LogP contribution is -2.42. The molecule has 0 radical (unpaired) electrons. The summed E-state index contributed by atoms with van der Waals surface area (Å²) in [4.78, 5) is 11.7. The maximum atomic E-state index is 11.7. The average molecular weight is 328 g/mol. The predicted molar refractivity (Wildman–Crippen MR) is 95.1 cm³/mol. The highest BCUT2D eigenvalue weighted by Crippen LogP contribution is 2.29. The summed E-state index contributed by atoms with van der Waals surface area (Å²) in [5.41, 5.74) is 2.12. The monoisotopic (exact) mass is 328 g/mol. The number of carbonyl (C=O) groups is 1. The molecule has 0 aliphatic heterocycles. The van der Waals surface area contributed by atoms with Crippen molar-refractivity contribution < 1.29 is 14.6 Å². The molecule has 2 amide bonds. The lowest BCUT2D eigenvalue weighted by Gasteiger charge is -2.14. The Morgan fingerprint density at radius 2 is 1.83 bits per heavy atom. The van der Waals surface area contributed by atoms with E-state index in [1.807, 2.05) is 61.5 Å². The van der Waals surface area contributed by atoms with E-state index in [0.29, 0.717) is 19.6 Å². The van der Waals surface area contributed by atoms with Crippen LogP contribution in [0.1, 0.15) is 13.3 Å². The van der Waals surface area contributed by atoms with Crippen molar-refractivity contribution in [1.82, 2.24) is 10.6 Å². The van der Waals surface area contributed by atoms with Gasteiger partial charge in [0.05, 0.1) is 6.54 Å². The van der Waals surface area contributed by atoms with Crippen molar-refractivity contribution >= 4 is 6.03 Å². The van der Waals surface area contributed by atoms with Crippen molar-refractivity contribution in [2.45, 2.75) is 19.4 Å². The van der Waals surface area contributed by atoms with E-state index >= 15 is 0 Å². The number of aliphatic hydroxyl groups is 1. The van der Waals surface area contributed by atoms with Crippen molar-refractivity contribution in [2.24, 2.45) is 0 Å². The summed E-state index contributed by atoms with van der Waals surface area (Å²) in [6.07, 6.45) is 0.536. The van der Waals surface area contributed by atoms with Crippen molar-refractivity contribution in [1.29, 1.82) is 0 Å². The van der Waals surface area contributed by atoms with Crippen molar-refractivity contribution in [3.8, 4) is 16.9 Å². The molecule has 0 saturated carbocycles. The fourth-order valence-corrected chi connectivity index (χ4v) is 2.31. The molecular weight excluding hydrogens is 304 g/mol. The largest absolute Gasteiger partial charge is 0.491 e. The number of amides is 2. The summed E-state index contributed by atoms with van der Waals surface area (Å²) in [7, 11) is 0. The van der Waals surface area contributed by atoms with Gasteiger partial charge < -0.3 is 20.5 Å². The molecule has 5 heteroatoms. The lowest BCUT2D eigenvalue weighted by atomic mass is 10.1. The van der Waals surface area contributed by atoms with Crippen LogP contribution in [0.25, 0.3) is 11.1 Å². The fraction of sp³-hybridized carbons (Fsp3) is 0.316. The highest BCUT2D eigenvalue weighted by atomic mass is 16.5. The Balaban J connectivity index is 1.82. The number of aliphatic hydroxyl groups excluding tert-OH is 1. The summed E-state index contributed by atoms with van der Waals surface area (Å²) in [5, 5.41) is 14.3. The standard InChI is InChI=1S/C19H24N2O3/c1-15(11-13-22)21-19(23)20-12-14-24-18-10-6-5-9-17(18)16-7-3-2-4-8-16/h2-10,15,22H,11-14H2,1H3,(H2,20,21,23)/t15-/m1/s1. The van der Waals surface area contributed by atoms with Crippen LogP contribution in [0, 0.1) is 0 Å². The predicted octanol–water partition coefficient (Wildman–Crippen LogP) is 2.80. The molecule has 0 aliphatic carbocycles. The van der Waals surface area contributed by atoms with Gasteiger partial charge in [0, 0.05) is 18.2 Å². The first-order valence-corrected chi connectivity index (χ1v) is 8.13. The van der Waals surface area contributed by atoms with Gasteiger partial charge in [0.25, 0.3) is 0 Å². The Hall–Kier alpha value is -2.53. The molecule has 0 fully saturated rings. The third kappa shape index (κ3) is 5.59. The van der Waals surface area contributed by atoms with E-state index in [2.05, 4.69) is 10.6 Å². The summed E-state index contributed by atoms with van der Waals surface area (Å²) in [6.45, 7) is 2.69. The first-order valence-electron chi connectivity index (χ1n) is 8.13. The number of urea groups is 1. The molecule has 0 aromatic heterocycles. The van der Waals surface area contributed by atoms with Gasteiger partial charge in [-0.05, 0) is 25.0 Å². The highest BCUT2D eigenvalue weighted by molar-refractivity contribution is 5.74. The zero-order chi connectivity index (χ0) is 17.2. The molecule has 0 spiro atoms. The molecule has 5 nitrogen and oxygen atoms in total. The van der Waals surface area contributed by atoms with E-state index in [1.165, 1.54) is 0 Å². The van der Waals surface area contributed by atoms with Gasteiger partial charge in [0.2, 0.25) is 0 Å². The number of carbonyl (C=O) groups excluding carboxylic acids is 1. The lowest BCUT2D eigenvalue weighted by molar-refractivity contribution is 0.227. The number of hydrogen-bond acceptors (Lipinski definition) is 3. The number of hydrogen-bond donors (Lipinski definition) is 3. The summed E-state index contributed by atoms with van der Waals surface area (Å²) in [5.74, 6) is 0.791. The molecule has 2 aromatic rings. The van der Waals surface area contributed by atoms with E-state index in [0.717, 1.165) is 16.9 Å². The molecule has 24 heavy (non-hydrogen) atoms. The Morgan fingerprint density at radius 1 is 1.12 bits per heavy atom. The topological polar surface area (TPSA) is 70.6 Å². The molecule has 2 rings (SSSR count). The zero-order valence-electron chi connectivity index (χ0n) is 13.9. The highest BCUT2D eigenvalue weighted by Gasteiger charge is 2.07. The maximum Gasteiger partial charge on any atom is 0.315 e. The molecule has 0 unspecified atom stereocenters. The second-order valence-corrected chi connectivity index (χ2v) is 5.52. The second kappa shape index (κ2) is 9.57. The van der Waals surface area contributed by atoms with Crippen LogP contribution >= 0.6 is 0 Å². The van der Waals surface area contributed by atoms with Crippen LogP contribution in [0.3, 0.4) is 0 Å². The Kier molecular flexibility index (Phi) is 7.11. The van der Waals surface area contributed by atoms with Crippen LogP contribution in [0.5, 0.6) is 5.75 Å². The Labute approximate surface area is 142 Å². The third-order valence-corrected chi connectivity index (χ3v) is 3.56. The zero-order valence-corrected chi connectivity index (χ0v) is 13.9. The number of benzene rings is 2. The number of nitrogens with one attached hydrogen (secondary N) is 2. The van der Waals surface area contributed by atoms with Gasteiger partial charge >= 0.3 is 6.03 Å². The molecule has 128 valence electrons. The van der Waals surface area contributed by atoms with Crippen LogP contribution in [-0.2, 0) is 0 Å². The molecule has 0 heterocycles. The molecule has 3 N–H and O–H groups in total. The van der Waals surface area contributed by atoms with E-state index in [1.54, 1.807) is 0 Å². The minimum Gasteiger partial charge on any atom is -0.491 e. The van der Waals surface area contributed by atoms with Crippen molar-refractivity contribution in [3.05, 3.63) is 54.6 Å². The number of rotatable bonds is 8. The second-order valence-electron chi connectivity index (χ2n) is 5.52. The smallest absolute Gasteiger partial charge is 0.315 e. The van der Waals surface area contributed by atoms with E-state index < -0.39 is 0 Å². The summed E-state index contributed by atoms with van der Waals surface area (Å²) < 4.78 is 5.81. The minimum absolute atomic E-state index is 0.0564. The van der Waals surface area contributed by atoms with Crippen LogP contribution < -0.4 is 15.4 Å². The van der Waals surface area contributed by atoms with Crippen LogP contribution in [0.2, 0.25) is 0 Å². The molecule has 1 atom stereocenters. The van der Waals surface area contributed by atoms with Crippen LogP contribution in [-0.4, -0.2) is 36.9 Å². The normalized spacial score (nSPS) is 11.6. The van der Waals surface area contributed by atoms with Gasteiger partial charge in [-0.15, -0.1) is 0 Å². The molecular formula is C19H24N2O3. The fourth-order valence-electron chi connectivity index (χ4n) is 2.31. The minimum atomic E-state index is -0.254. The first kappa shape index (κ1) is 17.8. The van der Waals surface area contributed by atoms with Gasteiger partial charge in [-0.2, -0.15) is 0 Å². The average Bonchev–Trinajstić information content (AvgIpc) is 2.60. The van der Waals surface area contributed by atoms with E-state index in [4.69, 9.17) is 9.84 Å². The number of ether oxygens (including phenoxy) is 1. The van der Waals surface area contributed by atoms with Crippen molar-refractivity contribution in [2.75, 3.05) is 19.8 Å². The molecule has 0 aliphatic rings. The van der Waals surface area contributed by atoms with Gasteiger partial charge in [-0.3, -0.25) is 0 Å². The van der Waals surface area contributed by atoms with Gasteiger partial charge in [-0.25, -0.2) is 4.79 Å². The van der Waals surface area contributed by atoms with Gasteiger partial charge in [0.15, 0.2) is 0 Å². The molecule has 0 bridgehead atoms. The van der Waals surface area contributed by atoms with E-state index in [9.17, 15) is 4.79 Å².